The zero-order valence-electron chi connectivity index (χ0n) is 11.8. The fourth-order valence-electron chi connectivity index (χ4n) is 2.84. The van der Waals surface area contributed by atoms with Crippen LogP contribution < -0.4 is 5.32 Å². The van der Waals surface area contributed by atoms with Crippen molar-refractivity contribution in [3.8, 4) is 0 Å². The molecule has 2 atom stereocenters. The average molecular weight is 283 g/mol. The summed E-state index contributed by atoms with van der Waals surface area (Å²) in [6.07, 6.45) is 1.21. The molecule has 0 bridgehead atoms. The Kier molecular flexibility index (Phi) is 4.44. The van der Waals surface area contributed by atoms with E-state index < -0.39 is 0 Å². The Morgan fingerprint density at radius 1 is 1.00 bits per heavy atom. The zero-order valence-corrected chi connectivity index (χ0v) is 12.6. The molecule has 1 aliphatic heterocycles. The van der Waals surface area contributed by atoms with Crippen LogP contribution in [-0.2, 0) is 0 Å². The first-order valence-corrected chi connectivity index (χ1v) is 8.41. The van der Waals surface area contributed by atoms with E-state index in [0.717, 1.165) is 0 Å². The highest BCUT2D eigenvalue weighted by Gasteiger charge is 2.31. The van der Waals surface area contributed by atoms with E-state index in [1.54, 1.807) is 0 Å². The molecule has 0 aliphatic carbocycles. The lowest BCUT2D eigenvalue weighted by atomic mass is 9.91. The third-order valence-corrected chi connectivity index (χ3v) is 5.35. The first-order valence-electron chi connectivity index (χ1n) is 7.36. The Morgan fingerprint density at radius 2 is 1.55 bits per heavy atom. The van der Waals surface area contributed by atoms with Crippen LogP contribution in [-0.4, -0.2) is 17.2 Å². The van der Waals surface area contributed by atoms with E-state index in [-0.39, 0.29) is 0 Å². The van der Waals surface area contributed by atoms with Crippen LogP contribution in [0.2, 0.25) is 0 Å². The van der Waals surface area contributed by atoms with Gasteiger partial charge in [-0.3, -0.25) is 0 Å². The Hall–Kier alpha value is -1.25. The molecule has 1 fully saturated rings. The Morgan fingerprint density at radius 3 is 2.00 bits per heavy atom. The molecule has 1 aliphatic rings. The number of benzene rings is 2. The maximum absolute atomic E-state index is 3.80. The van der Waals surface area contributed by atoms with Gasteiger partial charge < -0.3 is 5.32 Å². The van der Waals surface area contributed by atoms with Gasteiger partial charge >= 0.3 is 0 Å². The molecule has 2 aromatic carbocycles. The predicted octanol–water partition coefficient (Wildman–Crippen LogP) is 4.26. The van der Waals surface area contributed by atoms with Gasteiger partial charge in [0.05, 0.1) is 5.37 Å². The molecule has 0 aromatic heterocycles. The molecule has 1 N–H and O–H groups in total. The Labute approximate surface area is 125 Å². The van der Waals surface area contributed by atoms with E-state index in [4.69, 9.17) is 0 Å². The number of hydrogen-bond donors (Lipinski definition) is 1. The molecular weight excluding hydrogens is 262 g/mol. The number of rotatable bonds is 4. The summed E-state index contributed by atoms with van der Waals surface area (Å²) in [7, 11) is 0. The van der Waals surface area contributed by atoms with Gasteiger partial charge in [0.2, 0.25) is 0 Å². The molecule has 0 spiro atoms. The number of thioether (sulfide) groups is 1. The van der Waals surface area contributed by atoms with Crippen molar-refractivity contribution in [2.45, 2.75) is 30.7 Å². The minimum atomic E-state index is 0.430. The van der Waals surface area contributed by atoms with Gasteiger partial charge in [-0.05, 0) is 17.5 Å². The van der Waals surface area contributed by atoms with Gasteiger partial charge in [-0.2, -0.15) is 0 Å². The van der Waals surface area contributed by atoms with Crippen LogP contribution in [0, 0.1) is 0 Å². The predicted molar refractivity (Wildman–Crippen MR) is 88.2 cm³/mol. The SMILES string of the molecule is CCC1CSC(C(c2ccccc2)c2ccccc2)N1. The zero-order chi connectivity index (χ0) is 13.8. The molecule has 1 heterocycles. The summed E-state index contributed by atoms with van der Waals surface area (Å²) in [4.78, 5) is 0. The fourth-order valence-corrected chi connectivity index (χ4v) is 4.41. The Balaban J connectivity index is 1.93. The molecule has 2 heteroatoms. The van der Waals surface area contributed by atoms with Crippen LogP contribution in [0.3, 0.4) is 0 Å². The molecule has 104 valence electrons. The quantitative estimate of drug-likeness (QED) is 0.900. The lowest BCUT2D eigenvalue weighted by molar-refractivity contribution is 0.524. The van der Waals surface area contributed by atoms with Crippen LogP contribution in [0.1, 0.15) is 30.4 Å². The molecule has 0 amide bonds. The average Bonchev–Trinajstić information content (AvgIpc) is 2.98. The van der Waals surface area contributed by atoms with Gasteiger partial charge in [-0.15, -0.1) is 11.8 Å². The van der Waals surface area contributed by atoms with E-state index in [2.05, 4.69) is 84.7 Å². The van der Waals surface area contributed by atoms with Crippen molar-refractivity contribution in [3.63, 3.8) is 0 Å². The normalized spacial score (nSPS) is 22.3. The third-order valence-electron chi connectivity index (χ3n) is 3.99. The molecule has 2 aromatic rings. The van der Waals surface area contributed by atoms with Crippen LogP contribution in [0.25, 0.3) is 0 Å². The molecule has 2 unspecified atom stereocenters. The van der Waals surface area contributed by atoms with Crippen molar-refractivity contribution < 1.29 is 0 Å². The monoisotopic (exact) mass is 283 g/mol. The summed E-state index contributed by atoms with van der Waals surface area (Å²) in [5.74, 6) is 1.65. The fraction of sp³-hybridized carbons (Fsp3) is 0.333. The smallest absolute Gasteiger partial charge is 0.0645 e. The summed E-state index contributed by atoms with van der Waals surface area (Å²) in [6.45, 7) is 2.26. The highest BCUT2D eigenvalue weighted by Crippen LogP contribution is 2.37. The minimum absolute atomic E-state index is 0.430. The van der Waals surface area contributed by atoms with E-state index in [1.165, 1.54) is 23.3 Å². The van der Waals surface area contributed by atoms with Crippen molar-refractivity contribution in [1.82, 2.24) is 5.32 Å². The highest BCUT2D eigenvalue weighted by atomic mass is 32.2. The van der Waals surface area contributed by atoms with Crippen LogP contribution in [0.5, 0.6) is 0 Å². The molecule has 20 heavy (non-hydrogen) atoms. The second-order valence-electron chi connectivity index (χ2n) is 5.32. The van der Waals surface area contributed by atoms with Gasteiger partial charge in [0, 0.05) is 17.7 Å². The summed E-state index contributed by atoms with van der Waals surface area (Å²) >= 11 is 2.06. The van der Waals surface area contributed by atoms with Crippen molar-refractivity contribution in [3.05, 3.63) is 71.8 Å². The summed E-state index contributed by atoms with van der Waals surface area (Å²) in [5, 5.41) is 4.28. The van der Waals surface area contributed by atoms with Gasteiger partial charge in [0.25, 0.3) is 0 Å². The first kappa shape index (κ1) is 13.7. The molecule has 1 saturated heterocycles. The van der Waals surface area contributed by atoms with Gasteiger partial charge in [0.15, 0.2) is 0 Å². The van der Waals surface area contributed by atoms with Crippen molar-refractivity contribution >= 4 is 11.8 Å². The van der Waals surface area contributed by atoms with Crippen molar-refractivity contribution in [1.29, 1.82) is 0 Å². The van der Waals surface area contributed by atoms with E-state index in [9.17, 15) is 0 Å². The second kappa shape index (κ2) is 6.47. The first-order chi connectivity index (χ1) is 9.88. The van der Waals surface area contributed by atoms with Gasteiger partial charge in [-0.25, -0.2) is 0 Å². The van der Waals surface area contributed by atoms with E-state index in [1.807, 2.05) is 0 Å². The standard InChI is InChI=1S/C18H21NS/c1-2-16-13-20-18(19-16)17(14-9-5-3-6-10-14)15-11-7-4-8-12-15/h3-12,16-19H,2,13H2,1H3. The highest BCUT2D eigenvalue weighted by molar-refractivity contribution is 8.00. The number of nitrogens with one attached hydrogen (secondary N) is 1. The lowest BCUT2D eigenvalue weighted by Gasteiger charge is -2.25. The van der Waals surface area contributed by atoms with E-state index >= 15 is 0 Å². The summed E-state index contributed by atoms with van der Waals surface area (Å²) in [6, 6.07) is 22.4. The van der Waals surface area contributed by atoms with Crippen LogP contribution >= 0.6 is 11.8 Å². The van der Waals surface area contributed by atoms with Crippen molar-refractivity contribution in [2.75, 3.05) is 5.75 Å². The van der Waals surface area contributed by atoms with Gasteiger partial charge in [-0.1, -0.05) is 67.6 Å². The largest absolute Gasteiger partial charge is 0.301 e. The van der Waals surface area contributed by atoms with Gasteiger partial charge in [0.1, 0.15) is 0 Å². The molecule has 1 nitrogen and oxygen atoms in total. The summed E-state index contributed by atoms with van der Waals surface area (Å²) in [5.41, 5.74) is 2.81. The topological polar surface area (TPSA) is 12.0 Å². The minimum Gasteiger partial charge on any atom is -0.301 e. The Bertz CT molecular complexity index is 486. The maximum atomic E-state index is 3.80. The summed E-state index contributed by atoms with van der Waals surface area (Å²) < 4.78 is 0. The van der Waals surface area contributed by atoms with E-state index in [0.29, 0.717) is 17.3 Å². The van der Waals surface area contributed by atoms with Crippen LogP contribution in [0.4, 0.5) is 0 Å². The lowest BCUT2D eigenvalue weighted by Crippen LogP contribution is -2.33. The molecule has 0 radical (unpaired) electrons. The van der Waals surface area contributed by atoms with Crippen molar-refractivity contribution in [2.24, 2.45) is 0 Å². The molecular formula is C18H21NS. The van der Waals surface area contributed by atoms with Crippen LogP contribution in [0.15, 0.2) is 60.7 Å². The molecule has 0 saturated carbocycles. The third kappa shape index (κ3) is 2.92. The maximum Gasteiger partial charge on any atom is 0.0645 e. The molecule has 3 rings (SSSR count). The number of hydrogen-bond acceptors (Lipinski definition) is 2. The second-order valence-corrected chi connectivity index (χ2v) is 6.50.